The Kier molecular flexibility index (Phi) is 7.42. The van der Waals surface area contributed by atoms with Gasteiger partial charge in [-0.05, 0) is 75.5 Å². The van der Waals surface area contributed by atoms with Gasteiger partial charge in [-0.25, -0.2) is 0 Å². The second kappa shape index (κ2) is 10.6. The van der Waals surface area contributed by atoms with E-state index in [1.807, 2.05) is 62.1 Å². The normalized spacial score (nSPS) is 24.5. The summed E-state index contributed by atoms with van der Waals surface area (Å²) in [5, 5.41) is 6.00. The van der Waals surface area contributed by atoms with Gasteiger partial charge in [-0.3, -0.25) is 14.4 Å². The lowest BCUT2D eigenvalue weighted by Gasteiger charge is -2.32. The third-order valence-electron chi connectivity index (χ3n) is 8.28. The Hall–Kier alpha value is -3.39. The first-order valence-electron chi connectivity index (χ1n) is 14.0. The molecule has 2 aromatic rings. The van der Waals surface area contributed by atoms with Crippen LogP contribution in [0, 0.1) is 11.8 Å². The number of hydrogen-bond acceptors (Lipinski definition) is 5. The minimum absolute atomic E-state index is 0.00227. The highest BCUT2D eigenvalue weighted by atomic mass is 16.5. The van der Waals surface area contributed by atoms with Gasteiger partial charge in [-0.1, -0.05) is 19.1 Å². The molecule has 0 radical (unpaired) electrons. The van der Waals surface area contributed by atoms with Crippen LogP contribution in [-0.2, 0) is 11.2 Å². The Morgan fingerprint density at radius 3 is 2.41 bits per heavy atom. The maximum absolute atomic E-state index is 13.3. The van der Waals surface area contributed by atoms with Gasteiger partial charge in [0.2, 0.25) is 5.91 Å². The number of piperazine rings is 1. The van der Waals surface area contributed by atoms with E-state index in [0.29, 0.717) is 24.1 Å². The van der Waals surface area contributed by atoms with Gasteiger partial charge < -0.3 is 25.2 Å². The number of amides is 3. The van der Waals surface area contributed by atoms with Crippen molar-refractivity contribution in [3.63, 3.8) is 0 Å². The van der Waals surface area contributed by atoms with E-state index in [1.165, 1.54) is 0 Å². The minimum atomic E-state index is -0.379. The smallest absolute Gasteiger partial charge is 0.253 e. The fourth-order valence-electron chi connectivity index (χ4n) is 6.03. The number of nitrogens with zero attached hydrogens (tertiary/aromatic N) is 2. The van der Waals surface area contributed by atoms with E-state index in [0.717, 1.165) is 55.0 Å². The highest BCUT2D eigenvalue weighted by Crippen LogP contribution is 2.43. The number of ether oxygens (including phenoxy) is 1. The molecule has 39 heavy (non-hydrogen) atoms. The fourth-order valence-corrected chi connectivity index (χ4v) is 6.03. The topological polar surface area (TPSA) is 91.0 Å². The first-order chi connectivity index (χ1) is 18.5. The van der Waals surface area contributed by atoms with Crippen LogP contribution >= 0.6 is 0 Å². The summed E-state index contributed by atoms with van der Waals surface area (Å²) in [5.41, 5.74) is 3.53. The molecule has 0 aromatic heterocycles. The van der Waals surface area contributed by atoms with Gasteiger partial charge in [0.15, 0.2) is 0 Å². The molecule has 2 fully saturated rings. The second-order valence-electron chi connectivity index (χ2n) is 12.2. The predicted molar refractivity (Wildman–Crippen MR) is 151 cm³/mol. The van der Waals surface area contributed by atoms with E-state index in [2.05, 4.69) is 29.5 Å². The zero-order chi connectivity index (χ0) is 27.9. The molecule has 2 aromatic carbocycles. The van der Waals surface area contributed by atoms with Gasteiger partial charge >= 0.3 is 0 Å². The molecular weight excluding hydrogens is 492 g/mol. The van der Waals surface area contributed by atoms with Crippen LogP contribution in [0.1, 0.15) is 60.4 Å². The summed E-state index contributed by atoms with van der Waals surface area (Å²) >= 11 is 0. The third-order valence-corrected chi connectivity index (χ3v) is 8.28. The molecule has 3 atom stereocenters. The summed E-state index contributed by atoms with van der Waals surface area (Å²) in [7, 11) is 2.07. The summed E-state index contributed by atoms with van der Waals surface area (Å²) in [4.78, 5) is 43.0. The summed E-state index contributed by atoms with van der Waals surface area (Å²) in [5.74, 6) is 0.573. The van der Waals surface area contributed by atoms with E-state index < -0.39 is 0 Å². The molecule has 3 aliphatic rings. The summed E-state index contributed by atoms with van der Waals surface area (Å²) < 4.78 is 6.33. The van der Waals surface area contributed by atoms with Crippen molar-refractivity contribution in [3.05, 3.63) is 53.1 Å². The second-order valence-corrected chi connectivity index (χ2v) is 12.2. The first-order valence-corrected chi connectivity index (χ1v) is 14.0. The van der Waals surface area contributed by atoms with Crippen LogP contribution in [0.25, 0.3) is 11.1 Å². The van der Waals surface area contributed by atoms with E-state index >= 15 is 0 Å². The van der Waals surface area contributed by atoms with Crippen LogP contribution < -0.4 is 15.4 Å². The van der Waals surface area contributed by atoms with Crippen molar-refractivity contribution in [2.75, 3.05) is 39.8 Å². The van der Waals surface area contributed by atoms with E-state index in [9.17, 15) is 14.4 Å². The Labute approximate surface area is 231 Å². The van der Waals surface area contributed by atoms with Gasteiger partial charge in [0.25, 0.3) is 11.8 Å². The van der Waals surface area contributed by atoms with E-state index in [-0.39, 0.29) is 41.2 Å². The Balaban J connectivity index is 1.37. The summed E-state index contributed by atoms with van der Waals surface area (Å²) in [6, 6.07) is 11.5. The Morgan fingerprint density at radius 2 is 1.74 bits per heavy atom. The largest absolute Gasteiger partial charge is 0.487 e. The lowest BCUT2D eigenvalue weighted by atomic mass is 9.84. The molecule has 5 rings (SSSR count). The monoisotopic (exact) mass is 532 g/mol. The highest BCUT2D eigenvalue weighted by Gasteiger charge is 2.35. The summed E-state index contributed by atoms with van der Waals surface area (Å²) in [6.07, 6.45) is 1.59. The van der Waals surface area contributed by atoms with Crippen LogP contribution in [0.15, 0.2) is 36.4 Å². The van der Waals surface area contributed by atoms with Crippen molar-refractivity contribution in [2.45, 2.75) is 52.2 Å². The number of rotatable bonds is 5. The van der Waals surface area contributed by atoms with Crippen LogP contribution in [0.4, 0.5) is 0 Å². The van der Waals surface area contributed by atoms with Gasteiger partial charge in [0.1, 0.15) is 11.4 Å². The molecule has 8 nitrogen and oxygen atoms in total. The van der Waals surface area contributed by atoms with Crippen molar-refractivity contribution in [2.24, 2.45) is 11.8 Å². The Bertz CT molecular complexity index is 1260. The van der Waals surface area contributed by atoms with Crippen molar-refractivity contribution >= 4 is 17.7 Å². The number of likely N-dealkylation sites (N-methyl/N-ethyl adjacent to an activating group) is 1. The van der Waals surface area contributed by atoms with Gasteiger partial charge in [-0.2, -0.15) is 0 Å². The molecule has 2 N–H and O–H groups in total. The van der Waals surface area contributed by atoms with Crippen molar-refractivity contribution < 1.29 is 19.1 Å². The zero-order valence-electron chi connectivity index (χ0n) is 23.7. The number of benzene rings is 2. The lowest BCUT2D eigenvalue weighted by Crippen LogP contribution is -2.50. The molecule has 8 heteroatoms. The average molecular weight is 533 g/mol. The molecule has 0 aliphatic carbocycles. The van der Waals surface area contributed by atoms with Crippen LogP contribution in [0.3, 0.4) is 0 Å². The quantitative estimate of drug-likeness (QED) is 0.617. The number of fused-ring (bicyclic) bond motifs is 1. The summed E-state index contributed by atoms with van der Waals surface area (Å²) in [6.45, 7) is 11.7. The molecule has 3 heterocycles. The minimum Gasteiger partial charge on any atom is -0.487 e. The number of piperidine rings is 1. The highest BCUT2D eigenvalue weighted by molar-refractivity contribution is 5.98. The zero-order valence-corrected chi connectivity index (χ0v) is 23.7. The molecule has 0 saturated carbocycles. The van der Waals surface area contributed by atoms with E-state index in [1.54, 1.807) is 0 Å². The molecule has 3 amide bonds. The molecule has 0 spiro atoms. The predicted octanol–water partition coefficient (Wildman–Crippen LogP) is 3.35. The van der Waals surface area contributed by atoms with E-state index in [4.69, 9.17) is 4.74 Å². The molecule has 2 saturated heterocycles. The molecule has 0 bridgehead atoms. The van der Waals surface area contributed by atoms with Crippen molar-refractivity contribution in [1.29, 1.82) is 0 Å². The van der Waals surface area contributed by atoms with Gasteiger partial charge in [0.05, 0.1) is 5.92 Å². The van der Waals surface area contributed by atoms with Gasteiger partial charge in [0, 0.05) is 61.9 Å². The first kappa shape index (κ1) is 27.2. The third kappa shape index (κ3) is 5.81. The number of hydrogen-bond donors (Lipinski definition) is 2. The van der Waals surface area contributed by atoms with Crippen molar-refractivity contribution in [1.82, 2.24) is 20.4 Å². The number of carbonyl (C=O) groups excluding carboxylic acids is 3. The maximum atomic E-state index is 13.3. The Morgan fingerprint density at radius 1 is 1.05 bits per heavy atom. The lowest BCUT2D eigenvalue weighted by molar-refractivity contribution is -0.129. The fraction of sp³-hybridized carbons (Fsp3) is 0.516. The molecular formula is C31H40N4O4. The number of nitrogens with one attached hydrogen (secondary N) is 2. The van der Waals surface area contributed by atoms with Crippen LogP contribution in [-0.4, -0.2) is 78.9 Å². The average Bonchev–Trinajstić information content (AvgIpc) is 3.21. The number of carbonyl (C=O) groups is 3. The van der Waals surface area contributed by atoms with Gasteiger partial charge in [-0.15, -0.1) is 0 Å². The molecule has 3 aliphatic heterocycles. The SMILES string of the molecule is CC1CC(C)C(CNC(=O)c2cc3c(c(-c4ccc(C(=O)N5CCN(C)CC5)cc4)c2)OC(C)(C)C3)C(=O)N1. The van der Waals surface area contributed by atoms with Crippen LogP contribution in [0.5, 0.6) is 5.75 Å². The standard InChI is InChI=1S/C31H40N4O4/c1-19-14-20(2)33-29(37)26(19)18-32-28(36)23-15-24-17-31(3,4)39-27(24)25(16-23)21-6-8-22(9-7-21)30(38)35-12-10-34(5)11-13-35/h6-9,15-16,19-20,26H,10-14,17-18H2,1-5H3,(H,32,36)(H,33,37). The molecule has 208 valence electrons. The maximum Gasteiger partial charge on any atom is 0.253 e. The van der Waals surface area contributed by atoms with Crippen molar-refractivity contribution in [3.8, 4) is 16.9 Å². The molecule has 3 unspecified atom stereocenters. The van der Waals surface area contributed by atoms with Crippen LogP contribution in [0.2, 0.25) is 0 Å².